The van der Waals surface area contributed by atoms with Gasteiger partial charge in [0.2, 0.25) is 0 Å². The number of hydrogen-bond acceptors (Lipinski definition) is 5. The summed E-state index contributed by atoms with van der Waals surface area (Å²) in [6.07, 6.45) is 0.402. The summed E-state index contributed by atoms with van der Waals surface area (Å²) in [5, 5.41) is 16.8. The Labute approximate surface area is 142 Å². The van der Waals surface area contributed by atoms with E-state index >= 15 is 0 Å². The molecule has 0 saturated heterocycles. The number of anilines is 1. The van der Waals surface area contributed by atoms with Crippen molar-refractivity contribution in [1.29, 1.82) is 0 Å². The van der Waals surface area contributed by atoms with Gasteiger partial charge in [0.25, 0.3) is 5.91 Å². The third-order valence-corrected chi connectivity index (χ3v) is 4.22. The molecule has 0 fully saturated rings. The highest BCUT2D eigenvalue weighted by atomic mass is 35.5. The van der Waals surface area contributed by atoms with E-state index in [1.807, 2.05) is 6.92 Å². The van der Waals surface area contributed by atoms with Crippen LogP contribution in [-0.4, -0.2) is 33.3 Å². The lowest BCUT2D eigenvalue weighted by molar-refractivity contribution is 0.0691. The number of aromatic nitrogens is 2. The highest BCUT2D eigenvalue weighted by Crippen LogP contribution is 2.31. The van der Waals surface area contributed by atoms with Gasteiger partial charge in [-0.1, -0.05) is 23.7 Å². The quantitative estimate of drug-likeness (QED) is 0.655. The number of aryl methyl sites for hydroxylation is 1. The monoisotopic (exact) mass is 349 g/mol. The Kier molecular flexibility index (Phi) is 4.41. The lowest BCUT2D eigenvalue weighted by atomic mass is 10.1. The maximum atomic E-state index is 12.2. The number of fused-ring (bicyclic) bond motifs is 1. The number of hydrazine groups is 1. The van der Waals surface area contributed by atoms with Crippen LogP contribution in [0.3, 0.4) is 0 Å². The first-order chi connectivity index (χ1) is 11.5. The zero-order valence-corrected chi connectivity index (χ0v) is 13.6. The molecular formula is C15H16ClN5O3. The van der Waals surface area contributed by atoms with Crippen LogP contribution in [0, 0.1) is 6.92 Å². The fourth-order valence-corrected chi connectivity index (χ4v) is 2.73. The van der Waals surface area contributed by atoms with Gasteiger partial charge in [-0.15, -0.1) is 0 Å². The molecule has 1 atom stereocenters. The van der Waals surface area contributed by atoms with Gasteiger partial charge in [0.05, 0.1) is 16.8 Å². The van der Waals surface area contributed by atoms with Crippen molar-refractivity contribution < 1.29 is 14.7 Å². The van der Waals surface area contributed by atoms with E-state index < -0.39 is 11.9 Å². The standard InChI is InChI=1S/C15H16ClN5O3/c1-8-12(16)13-19-18-11(21(13)20-8)6-7-17-14(22)9-4-2-3-5-10(9)15(23)24/h2-5,11,18-19H,6-7H2,1H3,(H,17,22)(H,23,24). The Bertz CT molecular complexity index is 804. The van der Waals surface area contributed by atoms with E-state index in [9.17, 15) is 9.59 Å². The zero-order valence-electron chi connectivity index (χ0n) is 12.8. The van der Waals surface area contributed by atoms with Gasteiger partial charge in [-0.3, -0.25) is 4.79 Å². The number of carboxylic acid groups (broad SMARTS) is 1. The van der Waals surface area contributed by atoms with Gasteiger partial charge in [0.1, 0.15) is 11.2 Å². The van der Waals surface area contributed by atoms with E-state index in [1.54, 1.807) is 16.8 Å². The average molecular weight is 350 g/mol. The molecule has 0 aliphatic carbocycles. The van der Waals surface area contributed by atoms with Crippen LogP contribution in [0.15, 0.2) is 24.3 Å². The van der Waals surface area contributed by atoms with Crippen molar-refractivity contribution in [3.63, 3.8) is 0 Å². The fraction of sp³-hybridized carbons (Fsp3) is 0.267. The third kappa shape index (κ3) is 2.93. The van der Waals surface area contributed by atoms with E-state index in [-0.39, 0.29) is 17.3 Å². The Balaban J connectivity index is 1.61. The molecule has 2 heterocycles. The molecule has 1 aromatic heterocycles. The summed E-state index contributed by atoms with van der Waals surface area (Å²) in [5.74, 6) is -0.857. The summed E-state index contributed by atoms with van der Waals surface area (Å²) in [7, 11) is 0. The number of nitrogens with one attached hydrogen (secondary N) is 3. The van der Waals surface area contributed by atoms with E-state index in [1.165, 1.54) is 12.1 Å². The molecule has 0 spiro atoms. The Morgan fingerprint density at radius 2 is 2.08 bits per heavy atom. The summed E-state index contributed by atoms with van der Waals surface area (Å²) in [6.45, 7) is 2.17. The summed E-state index contributed by atoms with van der Waals surface area (Å²) < 4.78 is 1.73. The molecule has 2 aromatic rings. The molecule has 1 amide bonds. The number of hydrogen-bond donors (Lipinski definition) is 4. The van der Waals surface area contributed by atoms with Crippen LogP contribution in [0.25, 0.3) is 0 Å². The number of carbonyl (C=O) groups is 2. The number of halogens is 1. The molecule has 24 heavy (non-hydrogen) atoms. The SMILES string of the molecule is Cc1nn2c(c1Cl)NNC2CCNC(=O)c1ccccc1C(=O)O. The van der Waals surface area contributed by atoms with Gasteiger partial charge in [-0.25, -0.2) is 14.9 Å². The summed E-state index contributed by atoms with van der Waals surface area (Å²) in [6, 6.07) is 6.10. The van der Waals surface area contributed by atoms with Crippen LogP contribution in [0.2, 0.25) is 5.02 Å². The minimum atomic E-state index is -1.13. The van der Waals surface area contributed by atoms with Crippen LogP contribution in [0.4, 0.5) is 5.82 Å². The van der Waals surface area contributed by atoms with Crippen LogP contribution >= 0.6 is 11.6 Å². The van der Waals surface area contributed by atoms with Crippen molar-refractivity contribution in [1.82, 2.24) is 20.5 Å². The minimum Gasteiger partial charge on any atom is -0.478 e. The topological polar surface area (TPSA) is 108 Å². The number of nitrogens with zero attached hydrogens (tertiary/aromatic N) is 2. The van der Waals surface area contributed by atoms with Crippen LogP contribution < -0.4 is 16.2 Å². The average Bonchev–Trinajstić information content (AvgIpc) is 3.08. The molecular weight excluding hydrogens is 334 g/mol. The summed E-state index contributed by atoms with van der Waals surface area (Å²) in [5.41, 5.74) is 6.84. The minimum absolute atomic E-state index is 0.0209. The summed E-state index contributed by atoms with van der Waals surface area (Å²) in [4.78, 5) is 23.4. The molecule has 1 aromatic carbocycles. The van der Waals surface area contributed by atoms with Gasteiger partial charge >= 0.3 is 5.97 Å². The Morgan fingerprint density at radius 3 is 2.79 bits per heavy atom. The highest BCUT2D eigenvalue weighted by Gasteiger charge is 2.26. The molecule has 1 aliphatic heterocycles. The van der Waals surface area contributed by atoms with Crippen LogP contribution in [0.5, 0.6) is 0 Å². The number of benzene rings is 1. The van der Waals surface area contributed by atoms with Crippen molar-refractivity contribution in [2.75, 3.05) is 12.0 Å². The van der Waals surface area contributed by atoms with Crippen molar-refractivity contribution >= 4 is 29.3 Å². The van der Waals surface area contributed by atoms with Gasteiger partial charge in [-0.2, -0.15) is 5.10 Å². The maximum Gasteiger partial charge on any atom is 0.336 e. The van der Waals surface area contributed by atoms with Crippen LogP contribution in [0.1, 0.15) is 39.0 Å². The van der Waals surface area contributed by atoms with E-state index in [4.69, 9.17) is 16.7 Å². The lowest BCUT2D eigenvalue weighted by Gasteiger charge is -2.12. The first-order valence-electron chi connectivity index (χ1n) is 7.35. The van der Waals surface area contributed by atoms with Crippen molar-refractivity contribution in [3.05, 3.63) is 46.1 Å². The number of aromatic carboxylic acids is 1. The molecule has 1 aliphatic rings. The van der Waals surface area contributed by atoms with E-state index in [0.29, 0.717) is 23.8 Å². The number of rotatable bonds is 5. The molecule has 126 valence electrons. The fourth-order valence-electron chi connectivity index (χ4n) is 2.56. The molecule has 9 heteroatoms. The Hall–Kier alpha value is -2.58. The largest absolute Gasteiger partial charge is 0.478 e. The maximum absolute atomic E-state index is 12.2. The van der Waals surface area contributed by atoms with Crippen molar-refractivity contribution in [2.45, 2.75) is 19.5 Å². The molecule has 0 bridgehead atoms. The molecule has 3 rings (SSSR count). The second kappa shape index (κ2) is 6.50. The number of carboxylic acids is 1. The first-order valence-corrected chi connectivity index (χ1v) is 7.73. The van der Waals surface area contributed by atoms with Gasteiger partial charge < -0.3 is 15.8 Å². The highest BCUT2D eigenvalue weighted by molar-refractivity contribution is 6.33. The predicted octanol–water partition coefficient (Wildman–Crippen LogP) is 1.79. The van der Waals surface area contributed by atoms with E-state index in [0.717, 1.165) is 5.69 Å². The predicted molar refractivity (Wildman–Crippen MR) is 88.1 cm³/mol. The zero-order chi connectivity index (χ0) is 17.3. The van der Waals surface area contributed by atoms with Crippen molar-refractivity contribution in [2.24, 2.45) is 0 Å². The summed E-state index contributed by atoms with van der Waals surface area (Å²) >= 11 is 6.12. The molecule has 0 saturated carbocycles. The smallest absolute Gasteiger partial charge is 0.336 e. The molecule has 1 unspecified atom stereocenters. The van der Waals surface area contributed by atoms with Crippen LogP contribution in [-0.2, 0) is 0 Å². The lowest BCUT2D eigenvalue weighted by Crippen LogP contribution is -2.31. The van der Waals surface area contributed by atoms with Gasteiger partial charge in [-0.05, 0) is 19.1 Å². The third-order valence-electron chi connectivity index (χ3n) is 3.77. The van der Waals surface area contributed by atoms with Gasteiger partial charge in [0.15, 0.2) is 5.82 Å². The van der Waals surface area contributed by atoms with Crippen molar-refractivity contribution in [3.8, 4) is 0 Å². The number of amides is 1. The molecule has 8 nitrogen and oxygen atoms in total. The Morgan fingerprint density at radius 1 is 1.38 bits per heavy atom. The first kappa shape index (κ1) is 16.3. The van der Waals surface area contributed by atoms with E-state index in [2.05, 4.69) is 21.3 Å². The second-order valence-corrected chi connectivity index (χ2v) is 5.75. The molecule has 0 radical (unpaired) electrons. The second-order valence-electron chi connectivity index (χ2n) is 5.37. The number of carbonyl (C=O) groups excluding carboxylic acids is 1. The molecule has 4 N–H and O–H groups in total. The normalized spacial score (nSPS) is 15.7. The van der Waals surface area contributed by atoms with Gasteiger partial charge in [0, 0.05) is 13.0 Å².